The van der Waals surface area contributed by atoms with Crippen LogP contribution in [0.4, 0.5) is 5.69 Å². The molecule has 0 aromatic heterocycles. The van der Waals surface area contributed by atoms with Gasteiger partial charge in [-0.05, 0) is 43.5 Å². The van der Waals surface area contributed by atoms with Crippen LogP contribution in [0.2, 0.25) is 0 Å². The maximum absolute atomic E-state index is 8.57. The molecule has 1 aliphatic rings. The van der Waals surface area contributed by atoms with Crippen LogP contribution < -0.4 is 5.73 Å². The molecule has 90 valence electrons. The van der Waals surface area contributed by atoms with Gasteiger partial charge in [0.15, 0.2) is 0 Å². The van der Waals surface area contributed by atoms with Crippen LogP contribution in [-0.2, 0) is 6.54 Å². The Morgan fingerprint density at radius 2 is 2.00 bits per heavy atom. The molecule has 1 aromatic carbocycles. The maximum atomic E-state index is 8.57. The second-order valence-corrected chi connectivity index (χ2v) is 4.70. The minimum atomic E-state index is 0.658. The molecule has 1 fully saturated rings. The van der Waals surface area contributed by atoms with Crippen molar-refractivity contribution in [3.05, 3.63) is 29.8 Å². The van der Waals surface area contributed by atoms with Gasteiger partial charge in [-0.25, -0.2) is 0 Å². The summed E-state index contributed by atoms with van der Waals surface area (Å²) < 4.78 is 0. The van der Waals surface area contributed by atoms with Gasteiger partial charge in [0.25, 0.3) is 0 Å². The first-order valence-corrected chi connectivity index (χ1v) is 6.25. The summed E-state index contributed by atoms with van der Waals surface area (Å²) in [5.41, 5.74) is 7.80. The van der Waals surface area contributed by atoms with E-state index in [0.717, 1.165) is 31.2 Å². The maximum Gasteiger partial charge on any atom is 0.0622 e. The SMILES string of the molecule is N#CCCCN(Cc1ccc(N)cc1)C1CC1. The number of nitrogens with two attached hydrogens (primary N) is 1. The van der Waals surface area contributed by atoms with Crippen molar-refractivity contribution in [2.24, 2.45) is 0 Å². The van der Waals surface area contributed by atoms with E-state index >= 15 is 0 Å². The summed E-state index contributed by atoms with van der Waals surface area (Å²) in [6.45, 7) is 2.01. The molecule has 0 heterocycles. The van der Waals surface area contributed by atoms with Crippen molar-refractivity contribution in [1.82, 2.24) is 4.90 Å². The molecule has 3 heteroatoms. The van der Waals surface area contributed by atoms with Gasteiger partial charge < -0.3 is 5.73 Å². The van der Waals surface area contributed by atoms with Gasteiger partial charge in [0.05, 0.1) is 6.07 Å². The standard InChI is InChI=1S/C14H19N3/c15-9-1-2-10-17(14-7-8-14)11-12-3-5-13(16)6-4-12/h3-6,14H,1-2,7-8,10-11,16H2. The Balaban J connectivity index is 1.88. The third-order valence-corrected chi connectivity index (χ3v) is 3.16. The lowest BCUT2D eigenvalue weighted by atomic mass is 10.2. The zero-order valence-electron chi connectivity index (χ0n) is 10.1. The fraction of sp³-hybridized carbons (Fsp3) is 0.500. The molecule has 1 aromatic rings. The van der Waals surface area contributed by atoms with E-state index in [9.17, 15) is 0 Å². The van der Waals surface area contributed by atoms with Gasteiger partial charge in [-0.1, -0.05) is 12.1 Å². The molecule has 0 unspecified atom stereocenters. The zero-order valence-corrected chi connectivity index (χ0v) is 10.1. The number of hydrogen-bond acceptors (Lipinski definition) is 3. The highest BCUT2D eigenvalue weighted by Gasteiger charge is 2.28. The molecular formula is C14H19N3. The van der Waals surface area contributed by atoms with Crippen molar-refractivity contribution in [2.75, 3.05) is 12.3 Å². The highest BCUT2D eigenvalue weighted by molar-refractivity contribution is 5.39. The predicted octanol–water partition coefficient (Wildman–Crippen LogP) is 2.54. The summed E-state index contributed by atoms with van der Waals surface area (Å²) in [7, 11) is 0. The topological polar surface area (TPSA) is 53.0 Å². The average molecular weight is 229 g/mol. The van der Waals surface area contributed by atoms with Crippen LogP contribution in [0.25, 0.3) is 0 Å². The Labute approximate surface area is 103 Å². The zero-order chi connectivity index (χ0) is 12.1. The molecule has 0 spiro atoms. The Kier molecular flexibility index (Phi) is 4.00. The highest BCUT2D eigenvalue weighted by Crippen LogP contribution is 2.28. The molecule has 0 radical (unpaired) electrons. The molecule has 0 aliphatic heterocycles. The van der Waals surface area contributed by atoms with Crippen molar-refractivity contribution >= 4 is 5.69 Å². The molecule has 17 heavy (non-hydrogen) atoms. The van der Waals surface area contributed by atoms with Gasteiger partial charge in [-0.3, -0.25) is 4.90 Å². The predicted molar refractivity (Wildman–Crippen MR) is 69.1 cm³/mol. The number of nitriles is 1. The largest absolute Gasteiger partial charge is 0.399 e. The van der Waals surface area contributed by atoms with Crippen LogP contribution in [0.15, 0.2) is 24.3 Å². The number of anilines is 1. The van der Waals surface area contributed by atoms with Gasteiger partial charge in [0.1, 0.15) is 0 Å². The molecule has 3 nitrogen and oxygen atoms in total. The molecule has 0 amide bonds. The van der Waals surface area contributed by atoms with Gasteiger partial charge >= 0.3 is 0 Å². The number of rotatable bonds is 6. The Morgan fingerprint density at radius 3 is 2.59 bits per heavy atom. The molecule has 2 N–H and O–H groups in total. The monoisotopic (exact) mass is 229 g/mol. The Morgan fingerprint density at radius 1 is 1.29 bits per heavy atom. The minimum Gasteiger partial charge on any atom is -0.399 e. The third kappa shape index (κ3) is 3.76. The molecule has 0 saturated heterocycles. The third-order valence-electron chi connectivity index (χ3n) is 3.16. The number of nitrogens with zero attached hydrogens (tertiary/aromatic N) is 2. The average Bonchev–Trinajstić information content (AvgIpc) is 3.15. The van der Waals surface area contributed by atoms with Crippen LogP contribution in [0.5, 0.6) is 0 Å². The number of nitrogen functional groups attached to an aromatic ring is 1. The van der Waals surface area contributed by atoms with E-state index in [1.807, 2.05) is 12.1 Å². The van der Waals surface area contributed by atoms with E-state index < -0.39 is 0 Å². The number of unbranched alkanes of at least 4 members (excludes halogenated alkanes) is 1. The summed E-state index contributed by atoms with van der Waals surface area (Å²) in [6, 6.07) is 11.0. The molecule has 0 bridgehead atoms. The van der Waals surface area contributed by atoms with Crippen LogP contribution in [-0.4, -0.2) is 17.5 Å². The quantitative estimate of drug-likeness (QED) is 0.602. The molecule has 1 saturated carbocycles. The molecule has 0 atom stereocenters. The smallest absolute Gasteiger partial charge is 0.0622 e. The number of benzene rings is 1. The fourth-order valence-corrected chi connectivity index (χ4v) is 2.05. The summed E-state index contributed by atoms with van der Waals surface area (Å²) >= 11 is 0. The first-order valence-electron chi connectivity index (χ1n) is 6.25. The lowest BCUT2D eigenvalue weighted by molar-refractivity contribution is 0.252. The Hall–Kier alpha value is -1.53. The molecular weight excluding hydrogens is 210 g/mol. The van der Waals surface area contributed by atoms with Crippen LogP contribution >= 0.6 is 0 Å². The van der Waals surface area contributed by atoms with Gasteiger partial charge in [-0.15, -0.1) is 0 Å². The van der Waals surface area contributed by atoms with Crippen molar-refractivity contribution in [3.8, 4) is 6.07 Å². The minimum absolute atomic E-state index is 0.658. The molecule has 2 rings (SSSR count). The van der Waals surface area contributed by atoms with Crippen LogP contribution in [0.3, 0.4) is 0 Å². The second kappa shape index (κ2) is 5.70. The normalized spacial score (nSPS) is 14.8. The van der Waals surface area contributed by atoms with Gasteiger partial charge in [0, 0.05) is 24.7 Å². The van der Waals surface area contributed by atoms with Gasteiger partial charge in [0.2, 0.25) is 0 Å². The lowest BCUT2D eigenvalue weighted by Gasteiger charge is -2.21. The van der Waals surface area contributed by atoms with E-state index in [4.69, 9.17) is 11.0 Å². The highest BCUT2D eigenvalue weighted by atomic mass is 15.2. The van der Waals surface area contributed by atoms with E-state index in [0.29, 0.717) is 6.42 Å². The van der Waals surface area contributed by atoms with E-state index in [1.165, 1.54) is 18.4 Å². The van der Waals surface area contributed by atoms with Crippen LogP contribution in [0.1, 0.15) is 31.2 Å². The molecule has 1 aliphatic carbocycles. The lowest BCUT2D eigenvalue weighted by Crippen LogP contribution is -2.26. The summed E-state index contributed by atoms with van der Waals surface area (Å²) in [5, 5.41) is 8.57. The number of hydrogen-bond donors (Lipinski definition) is 1. The fourth-order valence-electron chi connectivity index (χ4n) is 2.05. The van der Waals surface area contributed by atoms with Crippen molar-refractivity contribution < 1.29 is 0 Å². The van der Waals surface area contributed by atoms with E-state index in [2.05, 4.69) is 23.1 Å². The van der Waals surface area contributed by atoms with Crippen LogP contribution in [0, 0.1) is 11.3 Å². The first-order chi connectivity index (χ1) is 8.29. The van der Waals surface area contributed by atoms with Crippen molar-refractivity contribution in [2.45, 2.75) is 38.3 Å². The van der Waals surface area contributed by atoms with E-state index in [1.54, 1.807) is 0 Å². The van der Waals surface area contributed by atoms with Gasteiger partial charge in [-0.2, -0.15) is 5.26 Å². The van der Waals surface area contributed by atoms with Crippen molar-refractivity contribution in [1.29, 1.82) is 5.26 Å². The summed E-state index contributed by atoms with van der Waals surface area (Å²) in [5.74, 6) is 0. The first kappa shape index (κ1) is 11.9. The summed E-state index contributed by atoms with van der Waals surface area (Å²) in [4.78, 5) is 2.49. The second-order valence-electron chi connectivity index (χ2n) is 4.70. The van der Waals surface area contributed by atoms with E-state index in [-0.39, 0.29) is 0 Å². The Bertz CT molecular complexity index is 387. The summed E-state index contributed by atoms with van der Waals surface area (Å²) in [6.07, 6.45) is 4.25. The van der Waals surface area contributed by atoms with Crippen molar-refractivity contribution in [3.63, 3.8) is 0 Å².